The van der Waals surface area contributed by atoms with Gasteiger partial charge in [0, 0.05) is 24.8 Å². The molecule has 3 rings (SSSR count). The van der Waals surface area contributed by atoms with Gasteiger partial charge in [0.05, 0.1) is 24.3 Å². The highest BCUT2D eigenvalue weighted by Gasteiger charge is 2.42. The first-order valence-electron chi connectivity index (χ1n) is 11.2. The Kier molecular flexibility index (Phi) is 8.30. The summed E-state index contributed by atoms with van der Waals surface area (Å²) in [5, 5.41) is -1.51. The van der Waals surface area contributed by atoms with Crippen molar-refractivity contribution < 1.29 is 44.3 Å². The molecule has 1 atom stereocenters. The van der Waals surface area contributed by atoms with Gasteiger partial charge in [0.25, 0.3) is 0 Å². The first-order valence-corrected chi connectivity index (χ1v) is 13.1. The van der Waals surface area contributed by atoms with Gasteiger partial charge in [0.2, 0.25) is 5.91 Å². The Hall–Kier alpha value is -2.64. The van der Waals surface area contributed by atoms with Gasteiger partial charge in [-0.25, -0.2) is 8.42 Å². The molecule has 0 aromatic heterocycles. The third kappa shape index (κ3) is 7.02. The molecule has 1 amide bonds. The number of benzene rings is 2. The van der Waals surface area contributed by atoms with E-state index in [1.54, 1.807) is 18.2 Å². The molecule has 2 aromatic rings. The lowest BCUT2D eigenvalue weighted by molar-refractivity contribution is -0.143. The molecule has 2 N–H and O–H groups in total. The summed E-state index contributed by atoms with van der Waals surface area (Å²) in [6, 6.07) is 10.2. The molecule has 1 heterocycles. The average molecular weight is 553 g/mol. The molecule has 1 saturated heterocycles. The van der Waals surface area contributed by atoms with Gasteiger partial charge in [-0.05, 0) is 42.2 Å². The van der Waals surface area contributed by atoms with Crippen molar-refractivity contribution in [2.75, 3.05) is 26.0 Å². The monoisotopic (exact) mass is 552 g/mol. The summed E-state index contributed by atoms with van der Waals surface area (Å²) in [4.78, 5) is 13.3. The molecule has 204 valence electrons. The number of sulfone groups is 1. The van der Waals surface area contributed by atoms with Crippen molar-refractivity contribution in [3.05, 3.63) is 70.8 Å². The van der Waals surface area contributed by atoms with Crippen molar-refractivity contribution in [3.63, 3.8) is 0 Å². The van der Waals surface area contributed by atoms with E-state index in [-0.39, 0.29) is 31.3 Å². The van der Waals surface area contributed by atoms with Crippen molar-refractivity contribution in [1.82, 2.24) is 4.90 Å². The molecule has 37 heavy (non-hydrogen) atoms. The topological polar surface area (TPSA) is 89.7 Å². The Labute approximate surface area is 210 Å². The highest BCUT2D eigenvalue weighted by atomic mass is 32.2. The molecule has 0 aliphatic carbocycles. The van der Waals surface area contributed by atoms with Crippen molar-refractivity contribution >= 4 is 15.7 Å². The van der Waals surface area contributed by atoms with Gasteiger partial charge in [-0.15, -0.1) is 0 Å². The highest BCUT2D eigenvalue weighted by molar-refractivity contribution is 7.92. The van der Waals surface area contributed by atoms with E-state index in [2.05, 4.69) is 0 Å². The Morgan fingerprint density at radius 1 is 1.00 bits per heavy atom. The zero-order valence-electron chi connectivity index (χ0n) is 19.8. The summed E-state index contributed by atoms with van der Waals surface area (Å²) in [5.74, 6) is -1.00. The summed E-state index contributed by atoms with van der Waals surface area (Å²) in [6.07, 6.45) is -8.40. The van der Waals surface area contributed by atoms with Crippen LogP contribution in [0.4, 0.5) is 26.3 Å². The van der Waals surface area contributed by atoms with E-state index in [0.717, 1.165) is 11.8 Å². The van der Waals surface area contributed by atoms with E-state index in [9.17, 15) is 39.6 Å². The number of nitrogens with two attached hydrogens (primary N) is 1. The predicted molar refractivity (Wildman–Crippen MR) is 123 cm³/mol. The molecule has 13 heteroatoms. The smallest absolute Gasteiger partial charge is 0.376 e. The molecule has 6 nitrogen and oxygen atoms in total. The van der Waals surface area contributed by atoms with Gasteiger partial charge < -0.3 is 10.5 Å². The number of amides is 1. The number of carbonyl (C=O) groups is 1. The summed E-state index contributed by atoms with van der Waals surface area (Å²) in [6.45, 7) is -0.247. The minimum absolute atomic E-state index is 0.0530. The van der Waals surface area contributed by atoms with Crippen molar-refractivity contribution in [2.45, 2.75) is 42.6 Å². The van der Waals surface area contributed by atoms with Crippen LogP contribution in [-0.4, -0.2) is 50.6 Å². The fourth-order valence-electron chi connectivity index (χ4n) is 4.62. The number of primary amides is 1. The second kappa shape index (κ2) is 10.6. The second-order valence-electron chi connectivity index (χ2n) is 9.17. The maximum Gasteiger partial charge on any atom is 0.416 e. The van der Waals surface area contributed by atoms with E-state index in [0.29, 0.717) is 25.0 Å². The van der Waals surface area contributed by atoms with Crippen LogP contribution in [0.3, 0.4) is 0 Å². The van der Waals surface area contributed by atoms with E-state index >= 15 is 0 Å². The first kappa shape index (κ1) is 28.9. The lowest BCUT2D eigenvalue weighted by Gasteiger charge is -2.43. The van der Waals surface area contributed by atoms with Crippen molar-refractivity contribution in [1.29, 1.82) is 0 Å². The molecule has 0 spiro atoms. The van der Waals surface area contributed by atoms with Crippen LogP contribution >= 0.6 is 0 Å². The zero-order valence-corrected chi connectivity index (χ0v) is 20.6. The first-order chi connectivity index (χ1) is 17.0. The number of ether oxygens (including phenoxy) is 1. The van der Waals surface area contributed by atoms with Gasteiger partial charge >= 0.3 is 12.4 Å². The Bertz CT molecular complexity index is 1180. The molecule has 0 saturated carbocycles. The van der Waals surface area contributed by atoms with Crippen LogP contribution in [0, 0.1) is 0 Å². The molecule has 0 radical (unpaired) electrons. The van der Waals surface area contributed by atoms with Crippen LogP contribution in [0.2, 0.25) is 0 Å². The number of halogens is 6. The fourth-order valence-corrected chi connectivity index (χ4v) is 5.80. The van der Waals surface area contributed by atoms with Crippen LogP contribution in [0.25, 0.3) is 0 Å². The zero-order chi connectivity index (χ0) is 27.6. The quantitative estimate of drug-likeness (QED) is 0.498. The molecular formula is C24H26F6N2O4S. The number of carbonyl (C=O) groups excluding carboxylic acids is 1. The average Bonchev–Trinajstić information content (AvgIpc) is 2.78. The summed E-state index contributed by atoms with van der Waals surface area (Å²) in [7, 11) is -3.81. The van der Waals surface area contributed by atoms with Gasteiger partial charge in [0.15, 0.2) is 15.2 Å². The van der Waals surface area contributed by atoms with Gasteiger partial charge in [-0.2, -0.15) is 26.3 Å². The van der Waals surface area contributed by atoms with E-state index in [4.69, 9.17) is 10.5 Å². The maximum atomic E-state index is 13.2. The number of hydrogen-bond donors (Lipinski definition) is 1. The molecule has 2 aromatic carbocycles. The van der Waals surface area contributed by atoms with Crippen molar-refractivity contribution in [3.8, 4) is 0 Å². The highest BCUT2D eigenvalue weighted by Crippen LogP contribution is 2.39. The molecular weight excluding hydrogens is 526 g/mol. The number of alkyl halides is 6. The number of rotatable bonds is 8. The summed E-state index contributed by atoms with van der Waals surface area (Å²) >= 11 is 0. The number of nitrogens with zero attached hydrogens (tertiary/aromatic N) is 1. The van der Waals surface area contributed by atoms with E-state index in [1.165, 1.54) is 4.90 Å². The fraction of sp³-hybridized carbons (Fsp3) is 0.458. The van der Waals surface area contributed by atoms with Gasteiger partial charge in [-0.3, -0.25) is 9.69 Å². The Morgan fingerprint density at radius 2 is 1.51 bits per heavy atom. The maximum absolute atomic E-state index is 13.2. The minimum atomic E-state index is -4.97. The largest absolute Gasteiger partial charge is 0.416 e. The molecule has 0 bridgehead atoms. The number of piperidine rings is 1. The van der Waals surface area contributed by atoms with Crippen LogP contribution in [0.5, 0.6) is 0 Å². The summed E-state index contributed by atoms with van der Waals surface area (Å²) < 4.78 is 109. The van der Waals surface area contributed by atoms with Crippen LogP contribution < -0.4 is 5.73 Å². The Morgan fingerprint density at radius 3 is 1.95 bits per heavy atom. The normalized spacial score (nSPS) is 17.9. The predicted octanol–water partition coefficient (Wildman–Crippen LogP) is 4.13. The third-order valence-corrected chi connectivity index (χ3v) is 7.76. The Balaban J connectivity index is 1.83. The lowest BCUT2D eigenvalue weighted by atomic mass is 9.73. The van der Waals surface area contributed by atoms with Gasteiger partial charge in [-0.1, -0.05) is 30.3 Å². The van der Waals surface area contributed by atoms with E-state index in [1.807, 2.05) is 12.1 Å². The third-order valence-electron chi connectivity index (χ3n) is 6.42. The molecule has 1 unspecified atom stereocenters. The van der Waals surface area contributed by atoms with Crippen LogP contribution in [0.15, 0.2) is 48.5 Å². The number of hydrogen-bond acceptors (Lipinski definition) is 5. The van der Waals surface area contributed by atoms with Crippen LogP contribution in [0.1, 0.15) is 35.1 Å². The van der Waals surface area contributed by atoms with Crippen LogP contribution in [-0.2, 0) is 43.7 Å². The minimum Gasteiger partial charge on any atom is -0.376 e. The second-order valence-corrected chi connectivity index (χ2v) is 11.3. The standard InChI is InChI=1S/C24H26F6N2O4S/c1-37(34,35)21(20(31)33)32-9-7-22(8-10-32,17-5-3-2-4-6-17)15-36-14-16-11-18(23(25,26)27)13-19(12-16)24(28,29)30/h2-6,11-13,21H,7-10,14-15H2,1H3,(H2,31,33). The van der Waals surface area contributed by atoms with E-state index < -0.39 is 56.6 Å². The SMILES string of the molecule is CS(=O)(=O)C(C(N)=O)N1CCC(COCc2cc(C(F)(F)F)cc(C(F)(F)F)c2)(c2ccccc2)CC1. The van der Waals surface area contributed by atoms with Gasteiger partial charge in [0.1, 0.15) is 0 Å². The number of likely N-dealkylation sites (tertiary alicyclic amines) is 1. The lowest BCUT2D eigenvalue weighted by Crippen LogP contribution is -2.55. The molecule has 1 aliphatic rings. The summed E-state index contributed by atoms with van der Waals surface area (Å²) in [5.41, 5.74) is 2.28. The molecule has 1 aliphatic heterocycles. The molecule has 1 fully saturated rings. The van der Waals surface area contributed by atoms with Crippen molar-refractivity contribution in [2.24, 2.45) is 5.73 Å².